The van der Waals surface area contributed by atoms with E-state index >= 15 is 0 Å². The van der Waals surface area contributed by atoms with E-state index in [1.165, 1.54) is 0 Å². The fourth-order valence-corrected chi connectivity index (χ4v) is 1.35. The summed E-state index contributed by atoms with van der Waals surface area (Å²) in [7, 11) is 0. The zero-order valence-corrected chi connectivity index (χ0v) is 6.33. The molecule has 2 rings (SSSR count). The molecule has 1 spiro atoms. The summed E-state index contributed by atoms with van der Waals surface area (Å²) >= 11 is 0. The molecule has 0 bridgehead atoms. The standard InChI is InChI=1S/C7H7N3O2/c8-3-4-10-5(11)7(1-2-7)9-6(10)12/h1-2,4H2,(H,9,12). The largest absolute Gasteiger partial charge is 0.325 e. The maximum absolute atomic E-state index is 11.4. The van der Waals surface area contributed by atoms with Gasteiger partial charge in [0.25, 0.3) is 5.91 Å². The fourth-order valence-electron chi connectivity index (χ4n) is 1.35. The Balaban J connectivity index is 2.21. The molecule has 0 radical (unpaired) electrons. The lowest BCUT2D eigenvalue weighted by Gasteiger charge is -2.05. The SMILES string of the molecule is N#CCN1C(=O)NC2(CC2)C1=O. The van der Waals surface area contributed by atoms with Gasteiger partial charge in [0, 0.05) is 0 Å². The molecular formula is C7H7N3O2. The summed E-state index contributed by atoms with van der Waals surface area (Å²) in [5.74, 6) is -0.242. The molecule has 1 saturated carbocycles. The van der Waals surface area contributed by atoms with Crippen LogP contribution < -0.4 is 5.32 Å². The van der Waals surface area contributed by atoms with E-state index in [4.69, 9.17) is 5.26 Å². The van der Waals surface area contributed by atoms with Crippen molar-refractivity contribution in [2.75, 3.05) is 6.54 Å². The van der Waals surface area contributed by atoms with Gasteiger partial charge < -0.3 is 5.32 Å². The second-order valence-corrected chi connectivity index (χ2v) is 3.06. The third-order valence-electron chi connectivity index (χ3n) is 2.22. The van der Waals surface area contributed by atoms with Gasteiger partial charge in [0.2, 0.25) is 0 Å². The molecule has 5 nitrogen and oxygen atoms in total. The van der Waals surface area contributed by atoms with Gasteiger partial charge in [0.1, 0.15) is 12.1 Å². The van der Waals surface area contributed by atoms with E-state index in [1.807, 2.05) is 0 Å². The Morgan fingerprint density at radius 1 is 1.58 bits per heavy atom. The first-order valence-corrected chi connectivity index (χ1v) is 3.71. The monoisotopic (exact) mass is 165 g/mol. The summed E-state index contributed by atoms with van der Waals surface area (Å²) < 4.78 is 0. The van der Waals surface area contributed by atoms with Crippen LogP contribution in [0, 0.1) is 11.3 Å². The lowest BCUT2D eigenvalue weighted by atomic mass is 10.3. The van der Waals surface area contributed by atoms with E-state index in [9.17, 15) is 9.59 Å². The highest BCUT2D eigenvalue weighted by molar-refractivity contribution is 6.08. The lowest BCUT2D eigenvalue weighted by Crippen LogP contribution is -2.32. The number of amides is 3. The molecule has 2 fully saturated rings. The molecule has 2 aliphatic rings. The van der Waals surface area contributed by atoms with Crippen molar-refractivity contribution in [2.45, 2.75) is 18.4 Å². The minimum atomic E-state index is -0.617. The van der Waals surface area contributed by atoms with Crippen LogP contribution in [0.5, 0.6) is 0 Å². The van der Waals surface area contributed by atoms with Gasteiger partial charge in [-0.3, -0.25) is 4.79 Å². The summed E-state index contributed by atoms with van der Waals surface area (Å²) in [5, 5.41) is 10.9. The quantitative estimate of drug-likeness (QED) is 0.424. The Morgan fingerprint density at radius 2 is 2.25 bits per heavy atom. The topological polar surface area (TPSA) is 73.2 Å². The first kappa shape index (κ1) is 7.10. The van der Waals surface area contributed by atoms with Crippen LogP contribution in [0.1, 0.15) is 12.8 Å². The average molecular weight is 165 g/mol. The van der Waals surface area contributed by atoms with Crippen LogP contribution in [0.4, 0.5) is 4.79 Å². The molecular weight excluding hydrogens is 158 g/mol. The second-order valence-electron chi connectivity index (χ2n) is 3.06. The van der Waals surface area contributed by atoms with E-state index < -0.39 is 11.6 Å². The molecule has 62 valence electrons. The molecule has 0 aromatic rings. The van der Waals surface area contributed by atoms with Crippen LogP contribution in [0.25, 0.3) is 0 Å². The van der Waals surface area contributed by atoms with Crippen molar-refractivity contribution < 1.29 is 9.59 Å². The third kappa shape index (κ3) is 0.720. The maximum atomic E-state index is 11.4. The lowest BCUT2D eigenvalue weighted by molar-refractivity contribution is -0.127. The predicted octanol–water partition coefficient (Wildman–Crippen LogP) is -0.406. The Labute approximate surface area is 68.9 Å². The Kier molecular flexibility index (Phi) is 1.17. The molecule has 0 unspecified atom stereocenters. The number of nitriles is 1. The number of hydrogen-bond acceptors (Lipinski definition) is 3. The fraction of sp³-hybridized carbons (Fsp3) is 0.571. The second kappa shape index (κ2) is 1.97. The van der Waals surface area contributed by atoms with Crippen LogP contribution in [0.3, 0.4) is 0 Å². The zero-order valence-electron chi connectivity index (χ0n) is 6.33. The summed E-state index contributed by atoms with van der Waals surface area (Å²) in [6.07, 6.45) is 1.42. The van der Waals surface area contributed by atoms with E-state index in [-0.39, 0.29) is 12.5 Å². The number of carbonyl (C=O) groups excluding carboxylic acids is 2. The maximum Gasteiger partial charge on any atom is 0.325 e. The van der Waals surface area contributed by atoms with Gasteiger partial charge >= 0.3 is 6.03 Å². The minimum absolute atomic E-state index is 0.146. The van der Waals surface area contributed by atoms with Crippen LogP contribution in [-0.2, 0) is 4.79 Å². The molecule has 1 heterocycles. The van der Waals surface area contributed by atoms with Crippen molar-refractivity contribution in [1.29, 1.82) is 5.26 Å². The van der Waals surface area contributed by atoms with Crippen molar-refractivity contribution in [3.05, 3.63) is 0 Å². The van der Waals surface area contributed by atoms with Crippen LogP contribution in [0.2, 0.25) is 0 Å². The van der Waals surface area contributed by atoms with Crippen molar-refractivity contribution in [1.82, 2.24) is 10.2 Å². The van der Waals surface area contributed by atoms with Gasteiger partial charge in [0.15, 0.2) is 0 Å². The molecule has 0 aromatic heterocycles. The molecule has 5 heteroatoms. The van der Waals surface area contributed by atoms with Gasteiger partial charge in [-0.05, 0) is 12.8 Å². The molecule has 1 aliphatic heterocycles. The van der Waals surface area contributed by atoms with Crippen LogP contribution in [-0.4, -0.2) is 28.9 Å². The van der Waals surface area contributed by atoms with Gasteiger partial charge in [-0.2, -0.15) is 5.26 Å². The number of imide groups is 1. The zero-order chi connectivity index (χ0) is 8.77. The first-order chi connectivity index (χ1) is 5.69. The van der Waals surface area contributed by atoms with Crippen molar-refractivity contribution in [2.24, 2.45) is 0 Å². The summed E-state index contributed by atoms with van der Waals surface area (Å²) in [4.78, 5) is 23.4. The van der Waals surface area contributed by atoms with Crippen molar-refractivity contribution in [3.8, 4) is 6.07 Å². The molecule has 0 atom stereocenters. The van der Waals surface area contributed by atoms with Crippen molar-refractivity contribution >= 4 is 11.9 Å². The van der Waals surface area contributed by atoms with Gasteiger partial charge in [-0.1, -0.05) is 0 Å². The van der Waals surface area contributed by atoms with E-state index in [0.29, 0.717) is 12.8 Å². The van der Waals surface area contributed by atoms with Gasteiger partial charge in [-0.15, -0.1) is 0 Å². The van der Waals surface area contributed by atoms with Crippen molar-refractivity contribution in [3.63, 3.8) is 0 Å². The summed E-state index contributed by atoms with van der Waals surface area (Å²) in [6, 6.07) is 1.35. The molecule has 1 saturated heterocycles. The Bertz CT molecular complexity index is 300. The predicted molar refractivity (Wildman–Crippen MR) is 37.8 cm³/mol. The number of hydrogen-bond donors (Lipinski definition) is 1. The number of carbonyl (C=O) groups is 2. The highest BCUT2D eigenvalue weighted by Gasteiger charge is 2.59. The first-order valence-electron chi connectivity index (χ1n) is 3.71. The average Bonchev–Trinajstić information content (AvgIpc) is 2.75. The Hall–Kier alpha value is -1.57. The third-order valence-corrected chi connectivity index (χ3v) is 2.22. The number of urea groups is 1. The number of rotatable bonds is 1. The van der Waals surface area contributed by atoms with Gasteiger partial charge in [-0.25, -0.2) is 9.69 Å². The molecule has 0 aromatic carbocycles. The minimum Gasteiger partial charge on any atom is -0.323 e. The van der Waals surface area contributed by atoms with Gasteiger partial charge in [0.05, 0.1) is 6.07 Å². The van der Waals surface area contributed by atoms with Crippen LogP contribution >= 0.6 is 0 Å². The highest BCUT2D eigenvalue weighted by Crippen LogP contribution is 2.40. The molecule has 1 N–H and O–H groups in total. The van der Waals surface area contributed by atoms with E-state index in [0.717, 1.165) is 4.90 Å². The molecule has 3 amide bonds. The van der Waals surface area contributed by atoms with E-state index in [1.54, 1.807) is 6.07 Å². The molecule has 1 aliphatic carbocycles. The number of nitrogens with zero attached hydrogens (tertiary/aromatic N) is 2. The van der Waals surface area contributed by atoms with E-state index in [2.05, 4.69) is 5.32 Å². The van der Waals surface area contributed by atoms with Crippen LogP contribution in [0.15, 0.2) is 0 Å². The summed E-state index contributed by atoms with van der Waals surface area (Å²) in [6.45, 7) is -0.146. The number of nitrogens with one attached hydrogen (secondary N) is 1. The Morgan fingerprint density at radius 3 is 2.67 bits per heavy atom. The highest BCUT2D eigenvalue weighted by atomic mass is 16.2. The normalized spacial score (nSPS) is 24.1. The smallest absolute Gasteiger partial charge is 0.323 e. The summed E-state index contributed by atoms with van der Waals surface area (Å²) in [5.41, 5.74) is -0.617. The molecule has 12 heavy (non-hydrogen) atoms.